The molecule has 0 radical (unpaired) electrons. The zero-order valence-electron chi connectivity index (χ0n) is 15.4. The van der Waals surface area contributed by atoms with Crippen LogP contribution in [0.3, 0.4) is 0 Å². The van der Waals surface area contributed by atoms with E-state index in [0.717, 1.165) is 37.8 Å². The highest BCUT2D eigenvalue weighted by molar-refractivity contribution is 5.91. The number of alkyl carbamates (subject to hydrolysis) is 1. The number of amides is 2. The third-order valence-corrected chi connectivity index (χ3v) is 4.59. The molecule has 1 fully saturated rings. The van der Waals surface area contributed by atoms with Gasteiger partial charge in [-0.3, -0.25) is 9.89 Å². The quantitative estimate of drug-likeness (QED) is 0.610. The largest absolute Gasteiger partial charge is 0.446 e. The number of carbonyl (C=O) groups is 2. The summed E-state index contributed by atoms with van der Waals surface area (Å²) in [4.78, 5) is 23.7. The molecule has 0 aliphatic heterocycles. The van der Waals surface area contributed by atoms with Crippen LogP contribution in [-0.4, -0.2) is 40.0 Å². The molecule has 2 aromatic heterocycles. The normalized spacial score (nSPS) is 19.0. The first-order chi connectivity index (χ1) is 13.1. The van der Waals surface area contributed by atoms with Crippen molar-refractivity contribution in [3.8, 4) is 0 Å². The highest BCUT2D eigenvalue weighted by Crippen LogP contribution is 2.35. The lowest BCUT2D eigenvalue weighted by Gasteiger charge is -2.13. The molecule has 27 heavy (non-hydrogen) atoms. The monoisotopic (exact) mass is 375 g/mol. The van der Waals surface area contributed by atoms with Gasteiger partial charge in [0.15, 0.2) is 5.82 Å². The molecule has 146 valence electrons. The Balaban J connectivity index is 1.44. The number of carbonyl (C=O) groups excluding carboxylic acids is 2. The first-order valence-corrected chi connectivity index (χ1v) is 9.33. The standard InChI is InChI=1S/C18H25N5O4/c1-2-3-7-19-18(25)26-13-5-4-12(9-13)15-11-16(23-22-15)21-17(24)10-14-6-8-20-27-14/h6,8,11-13H,2-5,7,9-10H2,1H3,(H,19,25)(H2,21,22,23,24). The molecule has 0 saturated heterocycles. The predicted octanol–water partition coefficient (Wildman–Crippen LogP) is 2.74. The topological polar surface area (TPSA) is 122 Å². The Hall–Kier alpha value is -2.84. The van der Waals surface area contributed by atoms with Gasteiger partial charge in [0.05, 0.1) is 12.6 Å². The fourth-order valence-electron chi connectivity index (χ4n) is 3.18. The van der Waals surface area contributed by atoms with E-state index in [1.165, 1.54) is 6.20 Å². The third kappa shape index (κ3) is 5.57. The number of hydrogen-bond donors (Lipinski definition) is 3. The first kappa shape index (κ1) is 18.9. The predicted molar refractivity (Wildman–Crippen MR) is 97.2 cm³/mol. The molecule has 9 nitrogen and oxygen atoms in total. The molecule has 0 spiro atoms. The van der Waals surface area contributed by atoms with E-state index in [2.05, 4.69) is 32.9 Å². The number of anilines is 1. The summed E-state index contributed by atoms with van der Waals surface area (Å²) in [5.74, 6) is 0.972. The highest BCUT2D eigenvalue weighted by Gasteiger charge is 2.30. The van der Waals surface area contributed by atoms with Crippen LogP contribution in [0.1, 0.15) is 56.4 Å². The number of unbranched alkanes of at least 4 members (excludes halogenated alkanes) is 1. The summed E-state index contributed by atoms with van der Waals surface area (Å²) in [5, 5.41) is 16.2. The lowest BCUT2D eigenvalue weighted by atomic mass is 10.0. The average molecular weight is 375 g/mol. The van der Waals surface area contributed by atoms with Gasteiger partial charge in [0.25, 0.3) is 0 Å². The van der Waals surface area contributed by atoms with Gasteiger partial charge in [0.2, 0.25) is 5.91 Å². The molecule has 2 heterocycles. The second-order valence-corrected chi connectivity index (χ2v) is 6.73. The molecule has 1 saturated carbocycles. The van der Waals surface area contributed by atoms with Crippen molar-refractivity contribution in [2.45, 2.75) is 57.5 Å². The summed E-state index contributed by atoms with van der Waals surface area (Å²) < 4.78 is 10.4. The zero-order valence-corrected chi connectivity index (χ0v) is 15.4. The SMILES string of the molecule is CCCCNC(=O)OC1CCC(c2cc(NC(=O)Cc3ccno3)n[nH]2)C1. The molecule has 0 bridgehead atoms. The number of nitrogens with one attached hydrogen (secondary N) is 3. The molecule has 9 heteroatoms. The molecule has 3 N–H and O–H groups in total. The number of nitrogens with zero attached hydrogens (tertiary/aromatic N) is 2. The van der Waals surface area contributed by atoms with E-state index in [4.69, 9.17) is 9.26 Å². The summed E-state index contributed by atoms with van der Waals surface area (Å²) in [6.45, 7) is 2.72. The van der Waals surface area contributed by atoms with Crippen molar-refractivity contribution in [3.63, 3.8) is 0 Å². The molecule has 2 aromatic rings. The maximum absolute atomic E-state index is 12.0. The fourth-order valence-corrected chi connectivity index (χ4v) is 3.18. The van der Waals surface area contributed by atoms with E-state index in [9.17, 15) is 9.59 Å². The van der Waals surface area contributed by atoms with Gasteiger partial charge < -0.3 is 19.9 Å². The van der Waals surface area contributed by atoms with Crippen LogP contribution in [0.15, 0.2) is 22.9 Å². The molecule has 2 amide bonds. The van der Waals surface area contributed by atoms with E-state index in [0.29, 0.717) is 18.1 Å². The van der Waals surface area contributed by atoms with Crippen molar-refractivity contribution in [2.24, 2.45) is 0 Å². The Kier molecular flexibility index (Phi) is 6.45. The van der Waals surface area contributed by atoms with Crippen LogP contribution in [0.5, 0.6) is 0 Å². The summed E-state index contributed by atoms with van der Waals surface area (Å²) in [6.07, 6.45) is 5.60. The van der Waals surface area contributed by atoms with Gasteiger partial charge in [-0.25, -0.2) is 4.79 Å². The van der Waals surface area contributed by atoms with Crippen LogP contribution in [-0.2, 0) is 16.0 Å². The molecule has 1 aliphatic carbocycles. The van der Waals surface area contributed by atoms with Crippen LogP contribution in [0.4, 0.5) is 10.6 Å². The van der Waals surface area contributed by atoms with Crippen molar-refractivity contribution in [1.82, 2.24) is 20.7 Å². The van der Waals surface area contributed by atoms with Crippen molar-refractivity contribution in [3.05, 3.63) is 29.8 Å². The number of aromatic amines is 1. The first-order valence-electron chi connectivity index (χ1n) is 9.33. The Morgan fingerprint density at radius 1 is 1.41 bits per heavy atom. The minimum atomic E-state index is -0.348. The molecule has 0 aromatic carbocycles. The van der Waals surface area contributed by atoms with E-state index in [1.54, 1.807) is 6.07 Å². The number of ether oxygens (including phenoxy) is 1. The van der Waals surface area contributed by atoms with Gasteiger partial charge in [0, 0.05) is 30.3 Å². The van der Waals surface area contributed by atoms with Crippen LogP contribution >= 0.6 is 0 Å². The Labute approximate surface area is 157 Å². The second-order valence-electron chi connectivity index (χ2n) is 6.73. The van der Waals surface area contributed by atoms with Gasteiger partial charge in [-0.15, -0.1) is 0 Å². The van der Waals surface area contributed by atoms with Gasteiger partial charge in [-0.2, -0.15) is 5.10 Å². The Morgan fingerprint density at radius 3 is 3.07 bits per heavy atom. The summed E-state index contributed by atoms with van der Waals surface area (Å²) in [5.41, 5.74) is 0.933. The van der Waals surface area contributed by atoms with Crippen molar-refractivity contribution in [2.75, 3.05) is 11.9 Å². The molecule has 3 rings (SSSR count). The number of hydrogen-bond acceptors (Lipinski definition) is 6. The number of H-pyrrole nitrogens is 1. The van der Waals surface area contributed by atoms with Crippen LogP contribution in [0.25, 0.3) is 0 Å². The van der Waals surface area contributed by atoms with Crippen molar-refractivity contribution in [1.29, 1.82) is 0 Å². The molecule has 2 atom stereocenters. The van der Waals surface area contributed by atoms with Gasteiger partial charge in [-0.05, 0) is 25.7 Å². The molecular weight excluding hydrogens is 350 g/mol. The fraction of sp³-hybridized carbons (Fsp3) is 0.556. The number of aromatic nitrogens is 3. The average Bonchev–Trinajstić information content (AvgIpc) is 3.37. The minimum Gasteiger partial charge on any atom is -0.446 e. The van der Waals surface area contributed by atoms with E-state index < -0.39 is 0 Å². The van der Waals surface area contributed by atoms with Gasteiger partial charge in [-0.1, -0.05) is 18.5 Å². The van der Waals surface area contributed by atoms with E-state index >= 15 is 0 Å². The van der Waals surface area contributed by atoms with E-state index in [1.807, 2.05) is 6.07 Å². The summed E-state index contributed by atoms with van der Waals surface area (Å²) in [6, 6.07) is 3.47. The lowest BCUT2D eigenvalue weighted by Crippen LogP contribution is -2.28. The second kappa shape index (κ2) is 9.20. The van der Waals surface area contributed by atoms with Gasteiger partial charge in [0.1, 0.15) is 11.9 Å². The van der Waals surface area contributed by atoms with Crippen molar-refractivity contribution >= 4 is 17.8 Å². The Bertz CT molecular complexity index is 743. The van der Waals surface area contributed by atoms with E-state index in [-0.39, 0.29) is 30.4 Å². The maximum Gasteiger partial charge on any atom is 0.407 e. The highest BCUT2D eigenvalue weighted by atomic mass is 16.6. The third-order valence-electron chi connectivity index (χ3n) is 4.59. The minimum absolute atomic E-state index is 0.0931. The van der Waals surface area contributed by atoms with Crippen molar-refractivity contribution < 1.29 is 18.8 Å². The smallest absolute Gasteiger partial charge is 0.407 e. The molecule has 1 aliphatic rings. The maximum atomic E-state index is 12.0. The molecular formula is C18H25N5O4. The summed E-state index contributed by atoms with van der Waals surface area (Å²) in [7, 11) is 0. The van der Waals surface area contributed by atoms with Gasteiger partial charge >= 0.3 is 6.09 Å². The lowest BCUT2D eigenvalue weighted by molar-refractivity contribution is -0.115. The number of rotatable bonds is 8. The Morgan fingerprint density at radius 2 is 2.30 bits per heavy atom. The van der Waals surface area contributed by atoms with Crippen LogP contribution in [0.2, 0.25) is 0 Å². The van der Waals surface area contributed by atoms with Crippen LogP contribution in [0, 0.1) is 0 Å². The molecule has 2 unspecified atom stereocenters. The van der Waals surface area contributed by atoms with Crippen LogP contribution < -0.4 is 10.6 Å². The zero-order chi connectivity index (χ0) is 19.1. The summed E-state index contributed by atoms with van der Waals surface area (Å²) >= 11 is 0.